The van der Waals surface area contributed by atoms with E-state index in [-0.39, 0.29) is 5.78 Å². The molecule has 0 unspecified atom stereocenters. The van der Waals surface area contributed by atoms with E-state index in [4.69, 9.17) is 5.41 Å². The van der Waals surface area contributed by atoms with Crippen molar-refractivity contribution < 1.29 is 14.3 Å². The van der Waals surface area contributed by atoms with Gasteiger partial charge in [0.05, 0.1) is 22.6 Å². The minimum absolute atomic E-state index is 0.105. The second-order valence-electron chi connectivity index (χ2n) is 4.76. The molecule has 1 aliphatic heterocycles. The van der Waals surface area contributed by atoms with Crippen LogP contribution in [0.4, 0.5) is 0 Å². The van der Waals surface area contributed by atoms with Crippen LogP contribution >= 0.6 is 23.1 Å². The summed E-state index contributed by atoms with van der Waals surface area (Å²) in [7, 11) is 1.33. The lowest BCUT2D eigenvalue weighted by atomic mass is 10.0. The van der Waals surface area contributed by atoms with E-state index in [9.17, 15) is 9.59 Å². The third kappa shape index (κ3) is 3.11. The van der Waals surface area contributed by atoms with Crippen molar-refractivity contribution in [1.82, 2.24) is 4.98 Å². The summed E-state index contributed by atoms with van der Waals surface area (Å²) in [4.78, 5) is 28.6. The lowest BCUT2D eigenvalue weighted by Crippen LogP contribution is -2.11. The summed E-state index contributed by atoms with van der Waals surface area (Å²) in [6, 6.07) is 6.78. The number of esters is 1. The van der Waals surface area contributed by atoms with Crippen LogP contribution in [0.3, 0.4) is 0 Å². The van der Waals surface area contributed by atoms with Gasteiger partial charge in [0.2, 0.25) is 0 Å². The highest BCUT2D eigenvalue weighted by Gasteiger charge is 2.38. The first-order valence-electron chi connectivity index (χ1n) is 6.70. The average molecular weight is 344 g/mol. The van der Waals surface area contributed by atoms with E-state index in [2.05, 4.69) is 9.72 Å². The number of ether oxygens (including phenoxy) is 1. The van der Waals surface area contributed by atoms with Gasteiger partial charge in [0.1, 0.15) is 10.9 Å². The first-order valence-corrected chi connectivity index (χ1v) is 8.39. The van der Waals surface area contributed by atoms with Gasteiger partial charge in [-0.25, -0.2) is 9.78 Å². The van der Waals surface area contributed by atoms with Crippen molar-refractivity contribution in [3.05, 3.63) is 56.9 Å². The number of methoxy groups -OCH3 is 1. The number of nitrogens with zero attached hydrogens (tertiary/aromatic N) is 1. The topological polar surface area (TPSA) is 80.1 Å². The Hall–Kier alpha value is -2.25. The fraction of sp³-hybridized carbons (Fsp3) is 0.125. The minimum atomic E-state index is -0.583. The standard InChI is InChI=1S/C16H12N2O3S2/c1-21-16(20)10-4-2-9(3-5-10)8-11-13(19)12(14(17)23-11)15-18-6-7-22-15/h2-8,12,17H,1H3/b11-8-,17-14?/t12-/m1/s1. The predicted molar refractivity (Wildman–Crippen MR) is 90.9 cm³/mol. The van der Waals surface area contributed by atoms with E-state index in [1.54, 1.807) is 41.9 Å². The molecule has 0 saturated carbocycles. The maximum atomic E-state index is 12.5. The molecule has 2 heterocycles. The zero-order chi connectivity index (χ0) is 16.4. The molecule has 1 fully saturated rings. The van der Waals surface area contributed by atoms with E-state index in [0.29, 0.717) is 20.5 Å². The molecule has 1 aromatic carbocycles. The highest BCUT2D eigenvalue weighted by molar-refractivity contribution is 8.19. The van der Waals surface area contributed by atoms with E-state index in [0.717, 1.165) is 17.3 Å². The number of nitrogens with one attached hydrogen (secondary N) is 1. The van der Waals surface area contributed by atoms with Crippen LogP contribution in [0.1, 0.15) is 26.8 Å². The molecule has 116 valence electrons. The molecule has 3 rings (SSSR count). The second-order valence-corrected chi connectivity index (χ2v) is 6.77. The third-order valence-corrected chi connectivity index (χ3v) is 5.15. The van der Waals surface area contributed by atoms with Crippen LogP contribution in [0.25, 0.3) is 6.08 Å². The highest BCUT2D eigenvalue weighted by atomic mass is 32.2. The summed E-state index contributed by atoms with van der Waals surface area (Å²) in [5, 5.41) is 10.8. The zero-order valence-electron chi connectivity index (χ0n) is 12.1. The largest absolute Gasteiger partial charge is 0.465 e. The molecule has 1 saturated heterocycles. The number of allylic oxidation sites excluding steroid dienone is 1. The van der Waals surface area contributed by atoms with Crippen molar-refractivity contribution in [3.8, 4) is 0 Å². The van der Waals surface area contributed by atoms with Gasteiger partial charge in [-0.15, -0.1) is 11.3 Å². The molecule has 1 aliphatic rings. The minimum Gasteiger partial charge on any atom is -0.465 e. The molecular formula is C16H12N2O3S2. The molecule has 0 aliphatic carbocycles. The molecule has 0 radical (unpaired) electrons. The molecule has 5 nitrogen and oxygen atoms in total. The molecule has 7 heteroatoms. The zero-order valence-corrected chi connectivity index (χ0v) is 13.7. The normalized spacial score (nSPS) is 19.3. The summed E-state index contributed by atoms with van der Waals surface area (Å²) in [6.45, 7) is 0. The van der Waals surface area contributed by atoms with Gasteiger partial charge < -0.3 is 4.74 Å². The Kier molecular flexibility index (Phi) is 4.40. The predicted octanol–water partition coefficient (Wildman–Crippen LogP) is 3.35. The Morgan fingerprint density at radius 2 is 2.09 bits per heavy atom. The third-order valence-electron chi connectivity index (χ3n) is 3.32. The Labute approximate surface area is 140 Å². The number of thiazole rings is 1. The summed E-state index contributed by atoms with van der Waals surface area (Å²) in [5.41, 5.74) is 1.24. The number of carbonyl (C=O) groups is 2. The number of hydrogen-bond donors (Lipinski definition) is 1. The van der Waals surface area contributed by atoms with Crippen molar-refractivity contribution in [1.29, 1.82) is 5.41 Å². The number of carbonyl (C=O) groups excluding carboxylic acids is 2. The SMILES string of the molecule is COC(=O)c1ccc(/C=C2\SC(=N)[C@H](c3nccs3)C2=O)cc1. The molecule has 0 bridgehead atoms. The highest BCUT2D eigenvalue weighted by Crippen LogP contribution is 2.41. The summed E-state index contributed by atoms with van der Waals surface area (Å²) in [5.74, 6) is -1.09. The van der Waals surface area contributed by atoms with E-state index in [1.165, 1.54) is 18.4 Å². The van der Waals surface area contributed by atoms with E-state index < -0.39 is 11.9 Å². The number of hydrogen-bond acceptors (Lipinski definition) is 7. The van der Waals surface area contributed by atoms with Gasteiger partial charge in [-0.2, -0.15) is 0 Å². The molecular weight excluding hydrogens is 332 g/mol. The van der Waals surface area contributed by atoms with Gasteiger partial charge in [-0.3, -0.25) is 10.2 Å². The number of rotatable bonds is 3. The number of benzene rings is 1. The molecule has 1 atom stereocenters. The lowest BCUT2D eigenvalue weighted by molar-refractivity contribution is -0.114. The Bertz CT molecular complexity index is 795. The average Bonchev–Trinajstić information content (AvgIpc) is 3.16. The van der Waals surface area contributed by atoms with Crippen LogP contribution in [0, 0.1) is 5.41 Å². The van der Waals surface area contributed by atoms with E-state index in [1.807, 2.05) is 0 Å². The first kappa shape index (κ1) is 15.6. The molecule has 0 spiro atoms. The van der Waals surface area contributed by atoms with Gasteiger partial charge in [0.15, 0.2) is 5.78 Å². The van der Waals surface area contributed by atoms with E-state index >= 15 is 0 Å². The Morgan fingerprint density at radius 3 is 2.70 bits per heavy atom. The number of ketones is 1. The lowest BCUT2D eigenvalue weighted by Gasteiger charge is -2.02. The molecule has 0 amide bonds. The first-order chi connectivity index (χ1) is 11.1. The molecule has 1 N–H and O–H groups in total. The fourth-order valence-corrected chi connectivity index (χ4v) is 3.98. The van der Waals surface area contributed by atoms with Crippen LogP contribution in [0.2, 0.25) is 0 Å². The van der Waals surface area contributed by atoms with Crippen molar-refractivity contribution in [3.63, 3.8) is 0 Å². The van der Waals surface area contributed by atoms with Crippen molar-refractivity contribution >= 4 is 46.0 Å². The number of thioether (sulfide) groups is 1. The quantitative estimate of drug-likeness (QED) is 0.682. The number of Topliss-reactive ketones (excluding diaryl/α,β-unsaturated/α-hetero) is 1. The molecule has 1 aromatic heterocycles. The maximum absolute atomic E-state index is 12.5. The maximum Gasteiger partial charge on any atom is 0.337 e. The second kappa shape index (κ2) is 6.47. The summed E-state index contributed by atoms with van der Waals surface area (Å²) < 4.78 is 4.65. The monoisotopic (exact) mass is 344 g/mol. The Balaban J connectivity index is 1.84. The van der Waals surface area contributed by atoms with Gasteiger partial charge in [0, 0.05) is 11.6 Å². The van der Waals surface area contributed by atoms with Gasteiger partial charge in [0.25, 0.3) is 0 Å². The fourth-order valence-electron chi connectivity index (χ4n) is 2.18. The van der Waals surface area contributed by atoms with Crippen molar-refractivity contribution in [2.24, 2.45) is 0 Å². The van der Waals surface area contributed by atoms with Crippen LogP contribution < -0.4 is 0 Å². The van der Waals surface area contributed by atoms with Crippen LogP contribution in [0.15, 0.2) is 40.7 Å². The van der Waals surface area contributed by atoms with Crippen LogP contribution in [-0.2, 0) is 9.53 Å². The number of aromatic nitrogens is 1. The Morgan fingerprint density at radius 1 is 1.35 bits per heavy atom. The van der Waals surface area contributed by atoms with Gasteiger partial charge in [-0.1, -0.05) is 23.9 Å². The van der Waals surface area contributed by atoms with Crippen molar-refractivity contribution in [2.75, 3.05) is 7.11 Å². The molecule has 23 heavy (non-hydrogen) atoms. The van der Waals surface area contributed by atoms with Gasteiger partial charge >= 0.3 is 5.97 Å². The summed E-state index contributed by atoms with van der Waals surface area (Å²) >= 11 is 2.54. The van der Waals surface area contributed by atoms with Crippen LogP contribution in [-0.4, -0.2) is 28.9 Å². The van der Waals surface area contributed by atoms with Crippen molar-refractivity contribution in [2.45, 2.75) is 5.92 Å². The summed E-state index contributed by atoms with van der Waals surface area (Å²) in [6.07, 6.45) is 3.37. The smallest absolute Gasteiger partial charge is 0.337 e. The molecule has 2 aromatic rings. The van der Waals surface area contributed by atoms with Gasteiger partial charge in [-0.05, 0) is 23.8 Å². The van der Waals surface area contributed by atoms with Crippen LogP contribution in [0.5, 0.6) is 0 Å².